The van der Waals surface area contributed by atoms with Gasteiger partial charge in [-0.2, -0.15) is 0 Å². The Morgan fingerprint density at radius 1 is 1.05 bits per heavy atom. The van der Waals surface area contributed by atoms with Gasteiger partial charge in [0, 0.05) is 6.07 Å². The largest absolute Gasteiger partial charge is 0.497 e. The lowest BCUT2D eigenvalue weighted by Gasteiger charge is -2.09. The van der Waals surface area contributed by atoms with Crippen LogP contribution in [0.2, 0.25) is 5.02 Å². The van der Waals surface area contributed by atoms with E-state index in [1.54, 1.807) is 32.4 Å². The molecule has 0 bridgehead atoms. The van der Waals surface area contributed by atoms with Gasteiger partial charge in [0.15, 0.2) is 0 Å². The van der Waals surface area contributed by atoms with Crippen molar-refractivity contribution in [3.8, 4) is 11.5 Å². The molecule has 0 aromatic heterocycles. The standard InChI is InChI=1S/C16H16ClNO3/c1-20-12-5-3-11(4-6-12)9-16(19)18-15-8-7-13(21-2)10-14(15)17/h3-8,10H,9H2,1-2H3,(H,18,19). The van der Waals surface area contributed by atoms with Crippen molar-refractivity contribution in [1.82, 2.24) is 0 Å². The number of nitrogens with one attached hydrogen (secondary N) is 1. The molecule has 5 heteroatoms. The summed E-state index contributed by atoms with van der Waals surface area (Å²) in [7, 11) is 3.17. The third-order valence-corrected chi connectivity index (χ3v) is 3.29. The highest BCUT2D eigenvalue weighted by molar-refractivity contribution is 6.33. The van der Waals surface area contributed by atoms with Gasteiger partial charge >= 0.3 is 0 Å². The molecule has 0 saturated heterocycles. The smallest absolute Gasteiger partial charge is 0.228 e. The first-order valence-electron chi connectivity index (χ1n) is 6.38. The molecule has 0 heterocycles. The van der Waals surface area contributed by atoms with Crippen LogP contribution in [0.3, 0.4) is 0 Å². The van der Waals surface area contributed by atoms with E-state index in [1.165, 1.54) is 0 Å². The van der Waals surface area contributed by atoms with Crippen LogP contribution in [-0.2, 0) is 11.2 Å². The highest BCUT2D eigenvalue weighted by Gasteiger charge is 2.08. The van der Waals surface area contributed by atoms with Gasteiger partial charge < -0.3 is 14.8 Å². The molecular formula is C16H16ClNO3. The Morgan fingerprint density at radius 3 is 2.24 bits per heavy atom. The first kappa shape index (κ1) is 15.2. The van der Waals surface area contributed by atoms with Crippen molar-refractivity contribution in [2.24, 2.45) is 0 Å². The lowest BCUT2D eigenvalue weighted by atomic mass is 10.1. The third kappa shape index (κ3) is 4.13. The van der Waals surface area contributed by atoms with E-state index in [2.05, 4.69) is 5.32 Å². The van der Waals surface area contributed by atoms with Gasteiger partial charge in [0.25, 0.3) is 0 Å². The maximum absolute atomic E-state index is 12.0. The predicted octanol–water partition coefficient (Wildman–Crippen LogP) is 3.54. The monoisotopic (exact) mass is 305 g/mol. The van der Waals surface area contributed by atoms with E-state index in [0.717, 1.165) is 11.3 Å². The molecule has 2 aromatic rings. The van der Waals surface area contributed by atoms with Crippen molar-refractivity contribution >= 4 is 23.2 Å². The van der Waals surface area contributed by atoms with Crippen LogP contribution in [0.15, 0.2) is 42.5 Å². The van der Waals surface area contributed by atoms with Crippen LogP contribution in [0.5, 0.6) is 11.5 Å². The molecule has 1 amide bonds. The van der Waals surface area contributed by atoms with E-state index >= 15 is 0 Å². The molecule has 0 atom stereocenters. The van der Waals surface area contributed by atoms with Crippen molar-refractivity contribution in [3.05, 3.63) is 53.1 Å². The van der Waals surface area contributed by atoms with Crippen LogP contribution < -0.4 is 14.8 Å². The first-order valence-corrected chi connectivity index (χ1v) is 6.76. The second-order valence-electron chi connectivity index (χ2n) is 4.42. The van der Waals surface area contributed by atoms with Crippen molar-refractivity contribution in [3.63, 3.8) is 0 Å². The average molecular weight is 306 g/mol. The second kappa shape index (κ2) is 6.99. The number of rotatable bonds is 5. The van der Waals surface area contributed by atoms with Crippen LogP contribution in [0.4, 0.5) is 5.69 Å². The summed E-state index contributed by atoms with van der Waals surface area (Å²) in [5.41, 5.74) is 1.47. The van der Waals surface area contributed by atoms with E-state index < -0.39 is 0 Å². The van der Waals surface area contributed by atoms with E-state index in [4.69, 9.17) is 21.1 Å². The molecule has 0 aliphatic carbocycles. The highest BCUT2D eigenvalue weighted by Crippen LogP contribution is 2.26. The number of carbonyl (C=O) groups excluding carboxylic acids is 1. The third-order valence-electron chi connectivity index (χ3n) is 2.97. The Bertz CT molecular complexity index is 626. The van der Waals surface area contributed by atoms with Crippen LogP contribution >= 0.6 is 11.6 Å². The number of ether oxygens (including phenoxy) is 2. The summed E-state index contributed by atoms with van der Waals surface area (Å²) in [5, 5.41) is 3.22. The van der Waals surface area contributed by atoms with Crippen molar-refractivity contribution in [2.45, 2.75) is 6.42 Å². The van der Waals surface area contributed by atoms with E-state index in [9.17, 15) is 4.79 Å². The maximum atomic E-state index is 12.0. The Morgan fingerprint density at radius 2 is 1.67 bits per heavy atom. The van der Waals surface area contributed by atoms with E-state index in [-0.39, 0.29) is 12.3 Å². The number of methoxy groups -OCH3 is 2. The van der Waals surface area contributed by atoms with E-state index in [1.807, 2.05) is 24.3 Å². The topological polar surface area (TPSA) is 47.6 Å². The predicted molar refractivity (Wildman–Crippen MR) is 83.3 cm³/mol. The Kier molecular flexibility index (Phi) is 5.06. The zero-order valence-corrected chi connectivity index (χ0v) is 12.6. The molecule has 0 radical (unpaired) electrons. The lowest BCUT2D eigenvalue weighted by molar-refractivity contribution is -0.115. The second-order valence-corrected chi connectivity index (χ2v) is 4.83. The minimum atomic E-state index is -0.132. The summed E-state index contributed by atoms with van der Waals surface area (Å²) >= 11 is 6.08. The Labute approximate surface area is 128 Å². The molecule has 4 nitrogen and oxygen atoms in total. The van der Waals surface area contributed by atoms with Gasteiger partial charge in [-0.25, -0.2) is 0 Å². The van der Waals surface area contributed by atoms with Crippen LogP contribution in [0.1, 0.15) is 5.56 Å². The SMILES string of the molecule is COc1ccc(CC(=O)Nc2ccc(OC)cc2Cl)cc1. The number of anilines is 1. The lowest BCUT2D eigenvalue weighted by Crippen LogP contribution is -2.14. The van der Waals surface area contributed by atoms with Gasteiger partial charge in [-0.05, 0) is 29.8 Å². The molecule has 2 aromatic carbocycles. The molecule has 0 spiro atoms. The van der Waals surface area contributed by atoms with Crippen molar-refractivity contribution in [2.75, 3.05) is 19.5 Å². The molecule has 2 rings (SSSR count). The zero-order valence-electron chi connectivity index (χ0n) is 11.9. The molecule has 110 valence electrons. The van der Waals surface area contributed by atoms with E-state index in [0.29, 0.717) is 16.5 Å². The molecule has 0 unspecified atom stereocenters. The first-order chi connectivity index (χ1) is 10.1. The van der Waals surface area contributed by atoms with Gasteiger partial charge in [-0.3, -0.25) is 4.79 Å². The van der Waals surface area contributed by atoms with Crippen LogP contribution in [0, 0.1) is 0 Å². The minimum Gasteiger partial charge on any atom is -0.497 e. The molecule has 1 N–H and O–H groups in total. The van der Waals surface area contributed by atoms with Gasteiger partial charge in [-0.1, -0.05) is 23.7 Å². The molecule has 21 heavy (non-hydrogen) atoms. The maximum Gasteiger partial charge on any atom is 0.228 e. The summed E-state index contributed by atoms with van der Waals surface area (Å²) in [6.07, 6.45) is 0.270. The summed E-state index contributed by atoms with van der Waals surface area (Å²) in [5.74, 6) is 1.28. The fraction of sp³-hybridized carbons (Fsp3) is 0.188. The zero-order chi connectivity index (χ0) is 15.2. The minimum absolute atomic E-state index is 0.132. The molecule has 0 fully saturated rings. The molecular weight excluding hydrogens is 290 g/mol. The Hall–Kier alpha value is -2.20. The summed E-state index contributed by atoms with van der Waals surface area (Å²) in [4.78, 5) is 12.0. The van der Waals surface area contributed by atoms with Crippen LogP contribution in [0.25, 0.3) is 0 Å². The van der Waals surface area contributed by atoms with Gasteiger partial charge in [0.2, 0.25) is 5.91 Å². The normalized spacial score (nSPS) is 10.0. The molecule has 0 aliphatic heterocycles. The quantitative estimate of drug-likeness (QED) is 0.919. The average Bonchev–Trinajstić information content (AvgIpc) is 2.50. The number of hydrogen-bond donors (Lipinski definition) is 1. The fourth-order valence-electron chi connectivity index (χ4n) is 1.85. The number of amides is 1. The van der Waals surface area contributed by atoms with Gasteiger partial charge in [-0.15, -0.1) is 0 Å². The number of halogens is 1. The highest BCUT2D eigenvalue weighted by atomic mass is 35.5. The van der Waals surface area contributed by atoms with Crippen molar-refractivity contribution < 1.29 is 14.3 Å². The summed E-state index contributed by atoms with van der Waals surface area (Å²) in [6, 6.07) is 12.5. The van der Waals surface area contributed by atoms with Gasteiger partial charge in [0.05, 0.1) is 31.4 Å². The van der Waals surface area contributed by atoms with Gasteiger partial charge in [0.1, 0.15) is 11.5 Å². The fourth-order valence-corrected chi connectivity index (χ4v) is 2.07. The Balaban J connectivity index is 2.00. The summed E-state index contributed by atoms with van der Waals surface area (Å²) < 4.78 is 10.1. The molecule has 0 saturated carbocycles. The number of carbonyl (C=O) groups is 1. The van der Waals surface area contributed by atoms with Crippen LogP contribution in [-0.4, -0.2) is 20.1 Å². The molecule has 0 aliphatic rings. The summed E-state index contributed by atoms with van der Waals surface area (Å²) in [6.45, 7) is 0. The number of benzene rings is 2. The number of hydrogen-bond acceptors (Lipinski definition) is 3. The van der Waals surface area contributed by atoms with Crippen molar-refractivity contribution in [1.29, 1.82) is 0 Å².